The summed E-state index contributed by atoms with van der Waals surface area (Å²) in [5, 5.41) is 0. The van der Waals surface area contributed by atoms with Crippen LogP contribution < -0.4 is 0 Å². The molecule has 0 amide bonds. The lowest BCUT2D eigenvalue weighted by Crippen LogP contribution is -2.41. The Morgan fingerprint density at radius 2 is 1.71 bits per heavy atom. The minimum Gasteiger partial charge on any atom is -0.400 e. The van der Waals surface area contributed by atoms with Crippen LogP contribution in [0.3, 0.4) is 0 Å². The Labute approximate surface area is 105 Å². The van der Waals surface area contributed by atoms with Gasteiger partial charge in [-0.05, 0) is 52.1 Å². The van der Waals surface area contributed by atoms with Gasteiger partial charge in [0.05, 0.1) is 11.2 Å². The third-order valence-electron chi connectivity index (χ3n) is 4.00. The highest BCUT2D eigenvalue weighted by molar-refractivity contribution is 6.54. The van der Waals surface area contributed by atoms with E-state index in [4.69, 9.17) is 9.31 Å². The molecule has 0 saturated carbocycles. The third kappa shape index (κ3) is 2.27. The lowest BCUT2D eigenvalue weighted by molar-refractivity contribution is 0.00578. The summed E-state index contributed by atoms with van der Waals surface area (Å²) in [6.45, 7) is 10.4. The second-order valence-electron chi connectivity index (χ2n) is 5.79. The van der Waals surface area contributed by atoms with E-state index in [0.29, 0.717) is 0 Å². The minimum atomic E-state index is -0.256. The van der Waals surface area contributed by atoms with E-state index in [1.165, 1.54) is 11.0 Å². The Morgan fingerprint density at radius 3 is 2.18 bits per heavy atom. The summed E-state index contributed by atoms with van der Waals surface area (Å²) in [6, 6.07) is 0. The fourth-order valence-corrected chi connectivity index (χ4v) is 1.98. The quantitative estimate of drug-likeness (QED) is 0.644. The molecule has 0 radical (unpaired) electrons. The van der Waals surface area contributed by atoms with E-state index in [0.717, 1.165) is 6.42 Å². The minimum absolute atomic E-state index is 0.217. The van der Waals surface area contributed by atoms with Gasteiger partial charge in [-0.15, -0.1) is 0 Å². The van der Waals surface area contributed by atoms with Crippen LogP contribution in [0.5, 0.6) is 0 Å². The van der Waals surface area contributed by atoms with Crippen LogP contribution in [0.2, 0.25) is 0 Å². The van der Waals surface area contributed by atoms with Crippen LogP contribution in [-0.2, 0) is 9.31 Å². The summed E-state index contributed by atoms with van der Waals surface area (Å²) < 4.78 is 12.1. The van der Waals surface area contributed by atoms with E-state index in [-0.39, 0.29) is 18.3 Å². The SMILES string of the molecule is C/C(B1OC(C)(C)C(C)(C)O1)=C1/C=CC=CC1. The molecule has 1 aliphatic heterocycles. The first-order valence-corrected chi connectivity index (χ1v) is 6.22. The van der Waals surface area contributed by atoms with Crippen molar-refractivity contribution in [3.05, 3.63) is 35.3 Å². The zero-order chi connectivity index (χ0) is 12.7. The van der Waals surface area contributed by atoms with Crippen LogP contribution in [-0.4, -0.2) is 18.3 Å². The average molecular weight is 232 g/mol. The third-order valence-corrected chi connectivity index (χ3v) is 4.00. The summed E-state index contributed by atoms with van der Waals surface area (Å²) in [5.41, 5.74) is 1.97. The monoisotopic (exact) mass is 232 g/mol. The Hall–Kier alpha value is -0.795. The van der Waals surface area contributed by atoms with Crippen LogP contribution >= 0.6 is 0 Å². The lowest BCUT2D eigenvalue weighted by Gasteiger charge is -2.32. The standard InChI is InChI=1S/C14H21BO2/c1-11(12-9-7-6-8-10-12)15-16-13(2,3)14(4,5)17-15/h6-9H,10H2,1-5H3/b12-11+. The van der Waals surface area contributed by atoms with E-state index in [1.54, 1.807) is 0 Å². The van der Waals surface area contributed by atoms with Crippen LogP contribution in [0.1, 0.15) is 41.0 Å². The normalized spacial score (nSPS) is 28.6. The zero-order valence-corrected chi connectivity index (χ0v) is 11.4. The molecule has 0 N–H and O–H groups in total. The number of hydrogen-bond donors (Lipinski definition) is 0. The van der Waals surface area contributed by atoms with Crippen molar-refractivity contribution in [2.45, 2.75) is 52.2 Å². The predicted molar refractivity (Wildman–Crippen MR) is 71.7 cm³/mol. The lowest BCUT2D eigenvalue weighted by atomic mass is 9.75. The highest BCUT2D eigenvalue weighted by Gasteiger charge is 2.51. The van der Waals surface area contributed by atoms with E-state index >= 15 is 0 Å². The van der Waals surface area contributed by atoms with Crippen LogP contribution in [0, 0.1) is 0 Å². The predicted octanol–water partition coefficient (Wildman–Crippen LogP) is 3.45. The van der Waals surface area contributed by atoms with Gasteiger partial charge in [0.15, 0.2) is 0 Å². The van der Waals surface area contributed by atoms with E-state index < -0.39 is 0 Å². The van der Waals surface area contributed by atoms with Crippen molar-refractivity contribution >= 4 is 7.12 Å². The molecule has 1 aliphatic carbocycles. The van der Waals surface area contributed by atoms with E-state index in [9.17, 15) is 0 Å². The first-order chi connectivity index (χ1) is 7.83. The number of rotatable bonds is 1. The van der Waals surface area contributed by atoms with Gasteiger partial charge >= 0.3 is 7.12 Å². The van der Waals surface area contributed by atoms with Crippen LogP contribution in [0.25, 0.3) is 0 Å². The van der Waals surface area contributed by atoms with Gasteiger partial charge in [-0.1, -0.05) is 24.3 Å². The van der Waals surface area contributed by atoms with Crippen molar-refractivity contribution in [1.29, 1.82) is 0 Å². The highest BCUT2D eigenvalue weighted by atomic mass is 16.7. The Balaban J connectivity index is 2.21. The molecule has 2 nitrogen and oxygen atoms in total. The van der Waals surface area contributed by atoms with Gasteiger partial charge in [0.1, 0.15) is 0 Å². The second-order valence-corrected chi connectivity index (χ2v) is 5.79. The van der Waals surface area contributed by atoms with Crippen molar-refractivity contribution in [3.63, 3.8) is 0 Å². The summed E-state index contributed by atoms with van der Waals surface area (Å²) in [5.74, 6) is 0. The molecule has 0 unspecified atom stereocenters. The first kappa shape index (κ1) is 12.7. The molecular formula is C14H21BO2. The Kier molecular flexibility index (Phi) is 3.09. The van der Waals surface area contributed by atoms with Gasteiger partial charge < -0.3 is 9.31 Å². The molecule has 1 fully saturated rings. The van der Waals surface area contributed by atoms with E-state index in [2.05, 4.69) is 58.9 Å². The van der Waals surface area contributed by atoms with Crippen molar-refractivity contribution in [1.82, 2.24) is 0 Å². The van der Waals surface area contributed by atoms with Gasteiger partial charge in [0.25, 0.3) is 0 Å². The Bertz CT molecular complexity index is 386. The molecule has 0 aromatic carbocycles. The number of hydrogen-bond acceptors (Lipinski definition) is 2. The summed E-state index contributed by atoms with van der Waals surface area (Å²) >= 11 is 0. The average Bonchev–Trinajstić information content (AvgIpc) is 2.48. The van der Waals surface area contributed by atoms with Crippen LogP contribution in [0.4, 0.5) is 0 Å². The topological polar surface area (TPSA) is 18.5 Å². The molecule has 2 rings (SSSR count). The molecule has 0 aromatic rings. The Morgan fingerprint density at radius 1 is 1.12 bits per heavy atom. The molecule has 3 heteroatoms. The molecule has 0 aromatic heterocycles. The fraction of sp³-hybridized carbons (Fsp3) is 0.571. The molecule has 0 bridgehead atoms. The van der Waals surface area contributed by atoms with Crippen molar-refractivity contribution in [2.24, 2.45) is 0 Å². The largest absolute Gasteiger partial charge is 0.490 e. The molecule has 1 heterocycles. The second kappa shape index (κ2) is 4.15. The van der Waals surface area contributed by atoms with Crippen molar-refractivity contribution < 1.29 is 9.31 Å². The van der Waals surface area contributed by atoms with Gasteiger partial charge in [-0.3, -0.25) is 0 Å². The fourth-order valence-electron chi connectivity index (χ4n) is 1.98. The smallest absolute Gasteiger partial charge is 0.400 e. The van der Waals surface area contributed by atoms with Crippen molar-refractivity contribution in [3.8, 4) is 0 Å². The van der Waals surface area contributed by atoms with Crippen LogP contribution in [0.15, 0.2) is 35.3 Å². The number of allylic oxidation sites excluding steroid dienone is 6. The zero-order valence-electron chi connectivity index (χ0n) is 11.4. The van der Waals surface area contributed by atoms with E-state index in [1.807, 2.05) is 0 Å². The van der Waals surface area contributed by atoms with Crippen molar-refractivity contribution in [2.75, 3.05) is 0 Å². The molecule has 2 aliphatic rings. The summed E-state index contributed by atoms with van der Waals surface area (Å²) in [4.78, 5) is 0. The maximum atomic E-state index is 6.04. The molecule has 0 atom stereocenters. The molecule has 1 saturated heterocycles. The molecule has 92 valence electrons. The van der Waals surface area contributed by atoms with Gasteiger partial charge in [-0.2, -0.15) is 0 Å². The first-order valence-electron chi connectivity index (χ1n) is 6.22. The molecule has 17 heavy (non-hydrogen) atoms. The molecule has 0 spiro atoms. The van der Waals surface area contributed by atoms with Gasteiger partial charge in [0, 0.05) is 0 Å². The van der Waals surface area contributed by atoms with Gasteiger partial charge in [0.2, 0.25) is 0 Å². The molecular weight excluding hydrogens is 211 g/mol. The highest BCUT2D eigenvalue weighted by Crippen LogP contribution is 2.39. The summed E-state index contributed by atoms with van der Waals surface area (Å²) in [6.07, 6.45) is 9.39. The maximum absolute atomic E-state index is 6.04. The van der Waals surface area contributed by atoms with Gasteiger partial charge in [-0.25, -0.2) is 0 Å². The maximum Gasteiger partial charge on any atom is 0.490 e. The summed E-state index contributed by atoms with van der Waals surface area (Å²) in [7, 11) is -0.217.